The smallest absolute Gasteiger partial charge is 0.352 e. The number of fused-ring (bicyclic) bond motifs is 3. The molecule has 1 heterocycles. The third kappa shape index (κ3) is 4.39. The van der Waals surface area contributed by atoms with Crippen LogP contribution in [0.5, 0.6) is 0 Å². The van der Waals surface area contributed by atoms with Crippen molar-refractivity contribution in [2.24, 2.45) is 5.10 Å². The van der Waals surface area contributed by atoms with Crippen molar-refractivity contribution in [3.63, 3.8) is 0 Å². The lowest BCUT2D eigenvalue weighted by atomic mass is 9.93. The zero-order chi connectivity index (χ0) is 22.1. The van der Waals surface area contributed by atoms with Crippen molar-refractivity contribution in [3.8, 4) is 11.3 Å². The molecule has 0 saturated heterocycles. The summed E-state index contributed by atoms with van der Waals surface area (Å²) in [7, 11) is 0. The predicted molar refractivity (Wildman–Crippen MR) is 120 cm³/mol. The number of thiazole rings is 1. The predicted octanol–water partition coefficient (Wildman–Crippen LogP) is 5.22. The van der Waals surface area contributed by atoms with Gasteiger partial charge in [0.05, 0.1) is 20.7 Å². The number of benzene rings is 2. The molecule has 0 radical (unpaired) electrons. The Morgan fingerprint density at radius 2 is 2.00 bits per heavy atom. The fourth-order valence-electron chi connectivity index (χ4n) is 3.34. The van der Waals surface area contributed by atoms with Crippen LogP contribution in [-0.2, 0) is 24.1 Å². The molecule has 0 fully saturated rings. The Kier molecular flexibility index (Phi) is 5.90. The summed E-state index contributed by atoms with van der Waals surface area (Å²) in [6, 6.07) is 9.58. The number of hydrogen-bond donors (Lipinski definition) is 2. The molecular formula is C20H14Cl2N4O4S. The second kappa shape index (κ2) is 8.62. The Hall–Kier alpha value is -3.01. The van der Waals surface area contributed by atoms with Gasteiger partial charge in [0.1, 0.15) is 5.71 Å². The maximum absolute atomic E-state index is 11.6. The molecule has 0 amide bonds. The van der Waals surface area contributed by atoms with E-state index in [1.165, 1.54) is 29.5 Å². The lowest BCUT2D eigenvalue weighted by Crippen LogP contribution is -2.18. The van der Waals surface area contributed by atoms with Gasteiger partial charge in [-0.1, -0.05) is 52.7 Å². The lowest BCUT2D eigenvalue weighted by molar-refractivity contribution is -0.385. The molecule has 2 aromatic carbocycles. The number of nitro groups is 1. The fourth-order valence-corrected chi connectivity index (χ4v) is 4.61. The Balaban J connectivity index is 1.61. The zero-order valence-electron chi connectivity index (χ0n) is 15.8. The van der Waals surface area contributed by atoms with Crippen molar-refractivity contribution >= 4 is 57.0 Å². The van der Waals surface area contributed by atoms with Crippen molar-refractivity contribution in [2.45, 2.75) is 19.3 Å². The van der Waals surface area contributed by atoms with Crippen molar-refractivity contribution < 1.29 is 14.8 Å². The van der Waals surface area contributed by atoms with Gasteiger partial charge in [0.15, 0.2) is 0 Å². The van der Waals surface area contributed by atoms with E-state index in [9.17, 15) is 20.0 Å². The number of para-hydroxylation sites is 1. The Morgan fingerprint density at radius 1 is 1.26 bits per heavy atom. The molecule has 8 nitrogen and oxygen atoms in total. The van der Waals surface area contributed by atoms with E-state index in [0.717, 1.165) is 34.5 Å². The average Bonchev–Trinajstić information content (AvgIpc) is 3.15. The molecule has 0 aliphatic heterocycles. The van der Waals surface area contributed by atoms with E-state index in [0.29, 0.717) is 15.2 Å². The van der Waals surface area contributed by atoms with Crippen LogP contribution in [0.15, 0.2) is 41.5 Å². The molecule has 0 spiro atoms. The van der Waals surface area contributed by atoms with Gasteiger partial charge in [-0.25, -0.2) is 9.78 Å². The summed E-state index contributed by atoms with van der Waals surface area (Å²) >= 11 is 13.6. The lowest BCUT2D eigenvalue weighted by Gasteiger charge is -2.15. The number of hydrazone groups is 1. The first-order valence-electron chi connectivity index (χ1n) is 9.09. The Bertz CT molecular complexity index is 1240. The summed E-state index contributed by atoms with van der Waals surface area (Å²) in [6.45, 7) is 0. The highest BCUT2D eigenvalue weighted by Gasteiger charge is 2.23. The number of nitro benzene ring substituents is 1. The summed E-state index contributed by atoms with van der Waals surface area (Å²) < 4.78 is 0. The molecule has 11 heteroatoms. The summed E-state index contributed by atoms with van der Waals surface area (Å²) in [5, 5.41) is 26.0. The standard InChI is InChI=1S/C20H14Cl2N4O4S/c21-13-7-10-5-6-17-18(12(10)9-14(13)22)23-20(31-17)25-24-15(19(27)28)8-11-3-1-2-4-16(11)26(29)30/h1-4,7,9H,5-6,8H2,(H,23,25)(H,27,28). The first-order chi connectivity index (χ1) is 14.8. The van der Waals surface area contributed by atoms with E-state index >= 15 is 0 Å². The van der Waals surface area contributed by atoms with Crippen LogP contribution in [0.1, 0.15) is 16.0 Å². The highest BCUT2D eigenvalue weighted by atomic mass is 35.5. The van der Waals surface area contributed by atoms with E-state index in [4.69, 9.17) is 23.2 Å². The quantitative estimate of drug-likeness (QED) is 0.286. The first-order valence-corrected chi connectivity index (χ1v) is 10.7. The number of carboxylic acid groups (broad SMARTS) is 1. The number of carboxylic acids is 1. The van der Waals surface area contributed by atoms with E-state index in [-0.39, 0.29) is 23.4 Å². The van der Waals surface area contributed by atoms with Crippen molar-refractivity contribution in [1.29, 1.82) is 0 Å². The number of rotatable bonds is 6. The number of halogens is 2. The van der Waals surface area contributed by atoms with Gasteiger partial charge in [-0.15, -0.1) is 0 Å². The molecule has 1 aliphatic rings. The number of aromatic nitrogens is 1. The molecule has 3 aromatic rings. The molecule has 158 valence electrons. The largest absolute Gasteiger partial charge is 0.477 e. The summed E-state index contributed by atoms with van der Waals surface area (Å²) in [5.41, 5.74) is 5.23. The van der Waals surface area contributed by atoms with E-state index in [1.807, 2.05) is 6.07 Å². The molecule has 0 bridgehead atoms. The number of anilines is 1. The van der Waals surface area contributed by atoms with Gasteiger partial charge in [0.2, 0.25) is 5.13 Å². The summed E-state index contributed by atoms with van der Waals surface area (Å²) in [5.74, 6) is -1.28. The number of carbonyl (C=O) groups is 1. The van der Waals surface area contributed by atoms with Gasteiger partial charge in [-0.2, -0.15) is 5.10 Å². The van der Waals surface area contributed by atoms with Crippen LogP contribution < -0.4 is 5.43 Å². The number of aryl methyl sites for hydroxylation is 2. The van der Waals surface area contributed by atoms with E-state index in [1.54, 1.807) is 12.1 Å². The zero-order valence-corrected chi connectivity index (χ0v) is 18.1. The highest BCUT2D eigenvalue weighted by molar-refractivity contribution is 7.16. The molecule has 2 N–H and O–H groups in total. The van der Waals surface area contributed by atoms with Crippen LogP contribution in [0.2, 0.25) is 10.0 Å². The minimum absolute atomic E-state index is 0.159. The van der Waals surface area contributed by atoms with Gasteiger partial charge in [-0.3, -0.25) is 15.5 Å². The topological polar surface area (TPSA) is 118 Å². The molecule has 0 saturated carbocycles. The highest BCUT2D eigenvalue weighted by Crippen LogP contribution is 2.41. The van der Waals surface area contributed by atoms with Gasteiger partial charge in [-0.05, 0) is 30.5 Å². The van der Waals surface area contributed by atoms with Crippen LogP contribution in [0.25, 0.3) is 11.3 Å². The summed E-state index contributed by atoms with van der Waals surface area (Å²) in [6.07, 6.45) is 1.36. The number of aliphatic carboxylic acids is 1. The second-order valence-corrected chi connectivity index (χ2v) is 8.65. The maximum atomic E-state index is 11.6. The normalized spacial score (nSPS) is 12.8. The number of nitrogens with one attached hydrogen (secondary N) is 1. The fraction of sp³-hybridized carbons (Fsp3) is 0.150. The third-order valence-electron chi connectivity index (χ3n) is 4.80. The average molecular weight is 477 g/mol. The minimum atomic E-state index is -1.28. The monoisotopic (exact) mass is 476 g/mol. The third-order valence-corrected chi connectivity index (χ3v) is 6.54. The van der Waals surface area contributed by atoms with E-state index in [2.05, 4.69) is 15.5 Å². The van der Waals surface area contributed by atoms with Crippen molar-refractivity contribution in [1.82, 2.24) is 4.98 Å². The Labute approximate surface area is 190 Å². The van der Waals surface area contributed by atoms with Crippen LogP contribution in [-0.4, -0.2) is 26.7 Å². The first kappa shape index (κ1) is 21.2. The number of nitrogens with zero attached hydrogens (tertiary/aromatic N) is 3. The summed E-state index contributed by atoms with van der Waals surface area (Å²) in [4.78, 5) is 27.9. The van der Waals surface area contributed by atoms with Crippen LogP contribution >= 0.6 is 34.5 Å². The van der Waals surface area contributed by atoms with Crippen LogP contribution in [0.3, 0.4) is 0 Å². The second-order valence-electron chi connectivity index (χ2n) is 6.75. The van der Waals surface area contributed by atoms with E-state index < -0.39 is 10.9 Å². The van der Waals surface area contributed by atoms with Crippen molar-refractivity contribution in [3.05, 3.63) is 72.6 Å². The molecule has 31 heavy (non-hydrogen) atoms. The molecule has 0 unspecified atom stereocenters. The van der Waals surface area contributed by atoms with Gasteiger partial charge >= 0.3 is 5.97 Å². The SMILES string of the molecule is O=C(O)C(Cc1ccccc1[N+](=O)[O-])=NNc1nc2c(s1)CCc1cc(Cl)c(Cl)cc1-2. The molecule has 1 aliphatic carbocycles. The number of hydrogen-bond acceptors (Lipinski definition) is 7. The van der Waals surface area contributed by atoms with Crippen molar-refractivity contribution in [2.75, 3.05) is 5.43 Å². The minimum Gasteiger partial charge on any atom is -0.477 e. The van der Waals surface area contributed by atoms with Gasteiger partial charge in [0, 0.05) is 28.5 Å². The maximum Gasteiger partial charge on any atom is 0.352 e. The van der Waals surface area contributed by atoms with Crippen LogP contribution in [0, 0.1) is 10.1 Å². The van der Waals surface area contributed by atoms with Gasteiger partial charge in [0.25, 0.3) is 5.69 Å². The molecule has 4 rings (SSSR count). The van der Waals surface area contributed by atoms with Gasteiger partial charge < -0.3 is 5.11 Å². The van der Waals surface area contributed by atoms with Crippen LogP contribution in [0.4, 0.5) is 10.8 Å². The molecule has 1 aromatic heterocycles. The molecular weight excluding hydrogens is 463 g/mol. The molecule has 0 atom stereocenters. The Morgan fingerprint density at radius 3 is 2.74 bits per heavy atom.